The zero-order chi connectivity index (χ0) is 10.6. The van der Waals surface area contributed by atoms with Crippen molar-refractivity contribution < 1.29 is 14.2 Å². The van der Waals surface area contributed by atoms with Crippen LogP contribution in [0.15, 0.2) is 18.2 Å². The minimum atomic E-state index is -0.685. The Hall–Kier alpha value is -1.13. The van der Waals surface area contributed by atoms with E-state index in [-0.39, 0.29) is 5.82 Å². The molecule has 0 spiro atoms. The summed E-state index contributed by atoms with van der Waals surface area (Å²) >= 11 is 0. The molecule has 0 radical (unpaired) electrons. The van der Waals surface area contributed by atoms with Crippen LogP contribution in [-0.2, 0) is 0 Å². The molecular weight excluding hydrogens is 185 g/mol. The number of hydrogen-bond acceptors (Lipinski definition) is 3. The fraction of sp³-hybridized carbons (Fsp3) is 0.400. The van der Waals surface area contributed by atoms with E-state index in [0.29, 0.717) is 17.9 Å². The highest BCUT2D eigenvalue weighted by Crippen LogP contribution is 2.25. The van der Waals surface area contributed by atoms with Crippen molar-refractivity contribution in [2.45, 2.75) is 6.10 Å². The molecular formula is C10H14FNO2. The van der Waals surface area contributed by atoms with Gasteiger partial charge in [-0.25, -0.2) is 4.39 Å². The van der Waals surface area contributed by atoms with Crippen molar-refractivity contribution in [2.75, 3.05) is 20.7 Å². The van der Waals surface area contributed by atoms with Crippen molar-refractivity contribution in [3.8, 4) is 5.75 Å². The molecule has 1 aromatic carbocycles. The predicted octanol–water partition coefficient (Wildman–Crippen LogP) is 1.09. The van der Waals surface area contributed by atoms with E-state index >= 15 is 0 Å². The lowest BCUT2D eigenvalue weighted by Gasteiger charge is -2.14. The van der Waals surface area contributed by atoms with Crippen molar-refractivity contribution >= 4 is 0 Å². The summed E-state index contributed by atoms with van der Waals surface area (Å²) in [5.74, 6) is -0.00462. The van der Waals surface area contributed by atoms with Gasteiger partial charge >= 0.3 is 0 Å². The third-order valence-electron chi connectivity index (χ3n) is 1.95. The number of nitrogens with one attached hydrogen (secondary N) is 1. The van der Waals surface area contributed by atoms with Gasteiger partial charge in [0.25, 0.3) is 0 Å². The summed E-state index contributed by atoms with van der Waals surface area (Å²) in [6.45, 7) is 0.405. The molecule has 0 aliphatic carbocycles. The summed E-state index contributed by atoms with van der Waals surface area (Å²) in [5, 5.41) is 12.5. The smallest absolute Gasteiger partial charge is 0.127 e. The molecule has 0 aromatic heterocycles. The fourth-order valence-corrected chi connectivity index (χ4v) is 1.26. The maximum absolute atomic E-state index is 12.8. The monoisotopic (exact) mass is 199 g/mol. The Bertz CT molecular complexity index is 304. The molecule has 1 atom stereocenters. The lowest BCUT2D eigenvalue weighted by atomic mass is 10.1. The van der Waals surface area contributed by atoms with Crippen LogP contribution in [0.4, 0.5) is 4.39 Å². The summed E-state index contributed by atoms with van der Waals surface area (Å²) in [6, 6.07) is 4.08. The highest BCUT2D eigenvalue weighted by atomic mass is 19.1. The second-order valence-corrected chi connectivity index (χ2v) is 2.96. The van der Waals surface area contributed by atoms with Crippen LogP contribution in [0.1, 0.15) is 11.7 Å². The maximum atomic E-state index is 12.8. The molecule has 1 unspecified atom stereocenters. The van der Waals surface area contributed by atoms with E-state index in [4.69, 9.17) is 4.74 Å². The summed E-state index contributed by atoms with van der Waals surface area (Å²) in [6.07, 6.45) is -0.685. The molecule has 0 saturated heterocycles. The number of hydrogen-bond donors (Lipinski definition) is 2. The maximum Gasteiger partial charge on any atom is 0.127 e. The molecule has 3 nitrogen and oxygen atoms in total. The number of aliphatic hydroxyl groups excluding tert-OH is 1. The lowest BCUT2D eigenvalue weighted by Crippen LogP contribution is -2.17. The van der Waals surface area contributed by atoms with Crippen molar-refractivity contribution in [1.29, 1.82) is 0 Å². The van der Waals surface area contributed by atoms with Gasteiger partial charge in [0, 0.05) is 18.2 Å². The normalized spacial score (nSPS) is 12.6. The van der Waals surface area contributed by atoms with Crippen LogP contribution >= 0.6 is 0 Å². The number of methoxy groups -OCH3 is 1. The first-order chi connectivity index (χ1) is 6.69. The Balaban J connectivity index is 2.95. The molecule has 4 heteroatoms. The number of halogens is 1. The quantitative estimate of drug-likeness (QED) is 0.762. The standard InChI is InChI=1S/C10H14FNO2/c1-12-6-9(13)8-4-3-7(11)5-10(8)14-2/h3-5,9,12-13H,6H2,1-2H3. The van der Waals surface area contributed by atoms with Crippen LogP contribution in [0.2, 0.25) is 0 Å². The van der Waals surface area contributed by atoms with Gasteiger partial charge in [-0.15, -0.1) is 0 Å². The van der Waals surface area contributed by atoms with E-state index in [1.807, 2.05) is 0 Å². The zero-order valence-corrected chi connectivity index (χ0v) is 8.25. The van der Waals surface area contributed by atoms with Gasteiger partial charge in [0.05, 0.1) is 13.2 Å². The fourth-order valence-electron chi connectivity index (χ4n) is 1.26. The molecule has 0 aliphatic rings. The third kappa shape index (κ3) is 2.43. The molecule has 2 N–H and O–H groups in total. The number of rotatable bonds is 4. The molecule has 0 aliphatic heterocycles. The Labute approximate surface area is 82.5 Å². The summed E-state index contributed by atoms with van der Waals surface area (Å²) in [7, 11) is 3.18. The van der Waals surface area contributed by atoms with Gasteiger partial charge in [-0.05, 0) is 19.2 Å². The molecule has 0 saturated carbocycles. The van der Waals surface area contributed by atoms with E-state index in [0.717, 1.165) is 0 Å². The number of ether oxygens (including phenoxy) is 1. The first-order valence-electron chi connectivity index (χ1n) is 4.35. The largest absolute Gasteiger partial charge is 0.496 e. The van der Waals surface area contributed by atoms with Gasteiger partial charge in [-0.2, -0.15) is 0 Å². The number of benzene rings is 1. The number of likely N-dealkylation sites (N-methyl/N-ethyl adjacent to an activating group) is 1. The second-order valence-electron chi connectivity index (χ2n) is 2.96. The van der Waals surface area contributed by atoms with Gasteiger partial charge in [-0.3, -0.25) is 0 Å². The molecule has 78 valence electrons. The summed E-state index contributed by atoms with van der Waals surface area (Å²) < 4.78 is 17.8. The molecule has 1 aromatic rings. The minimum absolute atomic E-state index is 0.368. The zero-order valence-electron chi connectivity index (χ0n) is 8.25. The number of aliphatic hydroxyl groups is 1. The van der Waals surface area contributed by atoms with Crippen LogP contribution in [0.5, 0.6) is 5.75 Å². The van der Waals surface area contributed by atoms with Crippen LogP contribution < -0.4 is 10.1 Å². The van der Waals surface area contributed by atoms with E-state index in [2.05, 4.69) is 5.32 Å². The van der Waals surface area contributed by atoms with Crippen LogP contribution in [0.3, 0.4) is 0 Å². The molecule has 0 amide bonds. The molecule has 0 fully saturated rings. The lowest BCUT2D eigenvalue weighted by molar-refractivity contribution is 0.173. The highest BCUT2D eigenvalue weighted by molar-refractivity contribution is 5.35. The molecule has 14 heavy (non-hydrogen) atoms. The van der Waals surface area contributed by atoms with Crippen molar-refractivity contribution in [2.24, 2.45) is 0 Å². The third-order valence-corrected chi connectivity index (χ3v) is 1.95. The molecule has 0 bridgehead atoms. The van der Waals surface area contributed by atoms with Gasteiger partial charge < -0.3 is 15.2 Å². The van der Waals surface area contributed by atoms with E-state index in [9.17, 15) is 9.50 Å². The van der Waals surface area contributed by atoms with E-state index < -0.39 is 6.10 Å². The first-order valence-corrected chi connectivity index (χ1v) is 4.35. The average molecular weight is 199 g/mol. The van der Waals surface area contributed by atoms with Crippen molar-refractivity contribution in [1.82, 2.24) is 5.32 Å². The second kappa shape index (κ2) is 4.93. The Morgan fingerprint density at radius 3 is 2.86 bits per heavy atom. The van der Waals surface area contributed by atoms with E-state index in [1.165, 1.54) is 25.3 Å². The first kappa shape index (κ1) is 10.9. The topological polar surface area (TPSA) is 41.5 Å². The Kier molecular flexibility index (Phi) is 3.85. The van der Waals surface area contributed by atoms with Crippen LogP contribution in [0.25, 0.3) is 0 Å². The Morgan fingerprint density at radius 2 is 2.29 bits per heavy atom. The highest BCUT2D eigenvalue weighted by Gasteiger charge is 2.12. The predicted molar refractivity (Wildman–Crippen MR) is 51.8 cm³/mol. The summed E-state index contributed by atoms with van der Waals surface area (Å²) in [5.41, 5.74) is 0.586. The van der Waals surface area contributed by atoms with Gasteiger partial charge in [0.1, 0.15) is 11.6 Å². The van der Waals surface area contributed by atoms with E-state index in [1.54, 1.807) is 7.05 Å². The Morgan fingerprint density at radius 1 is 1.57 bits per heavy atom. The van der Waals surface area contributed by atoms with Crippen LogP contribution in [-0.4, -0.2) is 25.8 Å². The summed E-state index contributed by atoms with van der Waals surface area (Å²) in [4.78, 5) is 0. The molecule has 1 rings (SSSR count). The van der Waals surface area contributed by atoms with Gasteiger partial charge in [0.15, 0.2) is 0 Å². The average Bonchev–Trinajstić information content (AvgIpc) is 2.17. The molecule has 0 heterocycles. The van der Waals surface area contributed by atoms with Crippen molar-refractivity contribution in [3.63, 3.8) is 0 Å². The van der Waals surface area contributed by atoms with Crippen LogP contribution in [0, 0.1) is 5.82 Å². The SMILES string of the molecule is CNCC(O)c1ccc(F)cc1OC. The minimum Gasteiger partial charge on any atom is -0.496 e. The van der Waals surface area contributed by atoms with Gasteiger partial charge in [-0.1, -0.05) is 0 Å². The van der Waals surface area contributed by atoms with Gasteiger partial charge in [0.2, 0.25) is 0 Å². The van der Waals surface area contributed by atoms with Crippen molar-refractivity contribution in [3.05, 3.63) is 29.6 Å².